The van der Waals surface area contributed by atoms with E-state index in [2.05, 4.69) is 4.72 Å². The zero-order chi connectivity index (χ0) is 23.3. The van der Waals surface area contributed by atoms with Gasteiger partial charge in [0.1, 0.15) is 16.4 Å². The Kier molecular flexibility index (Phi) is 7.39. The molecule has 0 heterocycles. The topological polar surface area (TPSA) is 119 Å². The van der Waals surface area contributed by atoms with E-state index in [0.717, 1.165) is 19.2 Å². The highest BCUT2D eigenvalue weighted by Gasteiger charge is 2.30. The summed E-state index contributed by atoms with van der Waals surface area (Å²) < 4.78 is 73.3. The summed E-state index contributed by atoms with van der Waals surface area (Å²) in [7, 11) is 2.92. The van der Waals surface area contributed by atoms with E-state index in [4.69, 9.17) is 28.4 Å². The van der Waals surface area contributed by atoms with Gasteiger partial charge in [-0.1, -0.05) is 0 Å². The van der Waals surface area contributed by atoms with Crippen LogP contribution < -0.4 is 28.4 Å². The SMILES string of the molecule is COC(=O)c1cc(OC)c(OC)c(OC)c1NS(=O)(=O)c1cc(OC)c(OC)cc1F. The van der Waals surface area contributed by atoms with Crippen LogP contribution in [0.3, 0.4) is 0 Å². The molecule has 0 amide bonds. The van der Waals surface area contributed by atoms with Crippen LogP contribution in [-0.4, -0.2) is 57.0 Å². The molecule has 12 heteroatoms. The van der Waals surface area contributed by atoms with Crippen molar-refractivity contribution in [1.29, 1.82) is 0 Å². The Morgan fingerprint density at radius 3 is 1.84 bits per heavy atom. The molecule has 0 aromatic heterocycles. The molecule has 0 bridgehead atoms. The fraction of sp³-hybridized carbons (Fsp3) is 0.316. The third-order valence-electron chi connectivity index (χ3n) is 4.20. The number of hydrogen-bond donors (Lipinski definition) is 1. The Morgan fingerprint density at radius 2 is 1.35 bits per heavy atom. The number of anilines is 1. The Balaban J connectivity index is 2.75. The van der Waals surface area contributed by atoms with Gasteiger partial charge in [0.15, 0.2) is 23.0 Å². The van der Waals surface area contributed by atoms with E-state index < -0.39 is 26.7 Å². The van der Waals surface area contributed by atoms with Crippen LogP contribution in [-0.2, 0) is 14.8 Å². The van der Waals surface area contributed by atoms with E-state index in [1.165, 1.54) is 41.6 Å². The fourth-order valence-electron chi connectivity index (χ4n) is 2.76. The van der Waals surface area contributed by atoms with Crippen molar-refractivity contribution < 1.29 is 46.0 Å². The summed E-state index contributed by atoms with van der Waals surface area (Å²) in [5.74, 6) is -2.11. The molecule has 0 radical (unpaired) electrons. The Bertz CT molecular complexity index is 1090. The van der Waals surface area contributed by atoms with Crippen molar-refractivity contribution in [3.8, 4) is 28.7 Å². The van der Waals surface area contributed by atoms with Gasteiger partial charge in [0.2, 0.25) is 5.75 Å². The van der Waals surface area contributed by atoms with Gasteiger partial charge in [-0.15, -0.1) is 0 Å². The van der Waals surface area contributed by atoms with E-state index in [9.17, 15) is 17.6 Å². The van der Waals surface area contributed by atoms with Crippen LogP contribution in [0.2, 0.25) is 0 Å². The molecular formula is C19H22FNO9S. The number of benzene rings is 2. The average molecular weight is 459 g/mol. The van der Waals surface area contributed by atoms with Crippen LogP contribution in [0, 0.1) is 5.82 Å². The first-order chi connectivity index (χ1) is 14.7. The lowest BCUT2D eigenvalue weighted by Crippen LogP contribution is -2.19. The fourth-order valence-corrected chi connectivity index (χ4v) is 3.92. The van der Waals surface area contributed by atoms with E-state index in [1.54, 1.807) is 0 Å². The standard InChI is InChI=1S/C19H22FNO9S/c1-25-12-8-11(20)15(9-13(12)26-2)31(23,24)21-16-10(19(22)30-6)7-14(27-3)17(28-4)18(16)29-5/h7-9,21H,1-6H3. The number of rotatable bonds is 9. The molecule has 0 spiro atoms. The van der Waals surface area contributed by atoms with Crippen molar-refractivity contribution in [2.75, 3.05) is 47.4 Å². The summed E-state index contributed by atoms with van der Waals surface area (Å²) in [6.45, 7) is 0. The summed E-state index contributed by atoms with van der Waals surface area (Å²) in [5.41, 5.74) is -0.581. The molecule has 2 aromatic carbocycles. The highest BCUT2D eigenvalue weighted by molar-refractivity contribution is 7.92. The minimum atomic E-state index is -4.59. The lowest BCUT2D eigenvalue weighted by molar-refractivity contribution is 0.0601. The van der Waals surface area contributed by atoms with Gasteiger partial charge in [-0.2, -0.15) is 0 Å². The molecule has 0 atom stereocenters. The second kappa shape index (κ2) is 9.60. The molecule has 0 aliphatic heterocycles. The third-order valence-corrected chi connectivity index (χ3v) is 5.56. The summed E-state index contributed by atoms with van der Waals surface area (Å²) >= 11 is 0. The van der Waals surface area contributed by atoms with Crippen LogP contribution >= 0.6 is 0 Å². The van der Waals surface area contributed by atoms with Gasteiger partial charge in [-0.05, 0) is 0 Å². The number of methoxy groups -OCH3 is 6. The van der Waals surface area contributed by atoms with Crippen molar-refractivity contribution >= 4 is 21.7 Å². The first-order valence-electron chi connectivity index (χ1n) is 8.54. The Morgan fingerprint density at radius 1 is 0.806 bits per heavy atom. The highest BCUT2D eigenvalue weighted by Crippen LogP contribution is 2.46. The molecule has 0 unspecified atom stereocenters. The minimum absolute atomic E-state index is 0.00195. The van der Waals surface area contributed by atoms with Crippen molar-refractivity contribution in [3.05, 3.63) is 29.6 Å². The predicted octanol–water partition coefficient (Wildman–Crippen LogP) is 2.46. The van der Waals surface area contributed by atoms with Crippen LogP contribution in [0.5, 0.6) is 28.7 Å². The quantitative estimate of drug-likeness (QED) is 0.564. The second-order valence-corrected chi connectivity index (χ2v) is 7.45. The van der Waals surface area contributed by atoms with Gasteiger partial charge >= 0.3 is 5.97 Å². The highest BCUT2D eigenvalue weighted by atomic mass is 32.2. The van der Waals surface area contributed by atoms with Crippen LogP contribution in [0.15, 0.2) is 23.1 Å². The first kappa shape index (κ1) is 23.9. The van der Waals surface area contributed by atoms with Gasteiger partial charge in [0, 0.05) is 18.2 Å². The molecule has 0 aliphatic rings. The number of ether oxygens (including phenoxy) is 6. The van der Waals surface area contributed by atoms with Crippen molar-refractivity contribution in [2.45, 2.75) is 4.90 Å². The number of esters is 1. The monoisotopic (exact) mass is 459 g/mol. The summed E-state index contributed by atoms with van der Waals surface area (Å²) in [5, 5.41) is 0. The van der Waals surface area contributed by atoms with Gasteiger partial charge in [-0.25, -0.2) is 17.6 Å². The first-order valence-corrected chi connectivity index (χ1v) is 10.0. The lowest BCUT2D eigenvalue weighted by Gasteiger charge is -2.20. The number of nitrogens with one attached hydrogen (secondary N) is 1. The van der Waals surface area contributed by atoms with Gasteiger partial charge in [0.05, 0.1) is 48.2 Å². The van der Waals surface area contributed by atoms with Crippen molar-refractivity contribution in [1.82, 2.24) is 0 Å². The molecule has 170 valence electrons. The van der Waals surface area contributed by atoms with Crippen molar-refractivity contribution in [3.63, 3.8) is 0 Å². The minimum Gasteiger partial charge on any atom is -0.493 e. The molecule has 2 rings (SSSR count). The maximum absolute atomic E-state index is 14.6. The predicted molar refractivity (Wildman–Crippen MR) is 108 cm³/mol. The number of carbonyl (C=O) groups excluding carboxylic acids is 1. The number of halogens is 1. The second-order valence-electron chi connectivity index (χ2n) is 5.80. The van der Waals surface area contributed by atoms with E-state index in [1.807, 2.05) is 0 Å². The van der Waals surface area contributed by atoms with Gasteiger partial charge < -0.3 is 28.4 Å². The van der Waals surface area contributed by atoms with Crippen LogP contribution in [0.25, 0.3) is 0 Å². The molecular weight excluding hydrogens is 437 g/mol. The maximum Gasteiger partial charge on any atom is 0.340 e. The van der Waals surface area contributed by atoms with Crippen molar-refractivity contribution in [2.24, 2.45) is 0 Å². The zero-order valence-electron chi connectivity index (χ0n) is 17.7. The molecule has 0 aliphatic carbocycles. The maximum atomic E-state index is 14.6. The Hall–Kier alpha value is -3.41. The van der Waals surface area contributed by atoms with E-state index >= 15 is 0 Å². The van der Waals surface area contributed by atoms with Crippen LogP contribution in [0.4, 0.5) is 10.1 Å². The molecule has 0 saturated carbocycles. The Labute approximate surface area is 178 Å². The van der Waals surface area contributed by atoms with E-state index in [0.29, 0.717) is 0 Å². The normalized spacial score (nSPS) is 10.8. The molecule has 31 heavy (non-hydrogen) atoms. The number of hydrogen-bond acceptors (Lipinski definition) is 9. The molecule has 10 nitrogen and oxygen atoms in total. The molecule has 0 fully saturated rings. The summed E-state index contributed by atoms with van der Waals surface area (Å²) in [6.07, 6.45) is 0. The summed E-state index contributed by atoms with van der Waals surface area (Å²) in [4.78, 5) is 11.6. The van der Waals surface area contributed by atoms with Gasteiger partial charge in [-0.3, -0.25) is 4.72 Å². The molecule has 2 aromatic rings. The van der Waals surface area contributed by atoms with E-state index in [-0.39, 0.29) is 40.0 Å². The molecule has 0 saturated heterocycles. The number of sulfonamides is 1. The molecule has 1 N–H and O–H groups in total. The largest absolute Gasteiger partial charge is 0.493 e. The third kappa shape index (κ3) is 4.53. The van der Waals surface area contributed by atoms with Crippen LogP contribution in [0.1, 0.15) is 10.4 Å². The van der Waals surface area contributed by atoms with Gasteiger partial charge in [0.25, 0.3) is 10.0 Å². The lowest BCUT2D eigenvalue weighted by atomic mass is 10.1. The average Bonchev–Trinajstić information content (AvgIpc) is 2.76. The smallest absolute Gasteiger partial charge is 0.340 e. The summed E-state index contributed by atoms with van der Waals surface area (Å²) in [6, 6.07) is 3.01. The zero-order valence-corrected chi connectivity index (χ0v) is 18.5. The number of carbonyl (C=O) groups is 1.